The highest BCUT2D eigenvalue weighted by Crippen LogP contribution is 2.28. The number of carbonyl (C=O) groups excluding carboxylic acids is 2. The van der Waals surface area contributed by atoms with Gasteiger partial charge in [0.05, 0.1) is 11.4 Å². The summed E-state index contributed by atoms with van der Waals surface area (Å²) in [6, 6.07) is 10.1. The maximum absolute atomic E-state index is 12.8. The Morgan fingerprint density at radius 3 is 2.14 bits per heavy atom. The van der Waals surface area contributed by atoms with Crippen molar-refractivity contribution in [2.24, 2.45) is 0 Å². The molecule has 5 heteroatoms. The topological polar surface area (TPSA) is 49.4 Å². The van der Waals surface area contributed by atoms with Gasteiger partial charge in [-0.15, -0.1) is 11.8 Å². The van der Waals surface area contributed by atoms with Gasteiger partial charge in [-0.05, 0) is 23.8 Å². The number of hydrogen-bond donors (Lipinski definition) is 1. The zero-order valence-electron chi connectivity index (χ0n) is 17.4. The van der Waals surface area contributed by atoms with Crippen LogP contribution in [0.15, 0.2) is 35.7 Å². The average molecular weight is 415 g/mol. The van der Waals surface area contributed by atoms with Crippen LogP contribution in [0.1, 0.15) is 76.2 Å². The van der Waals surface area contributed by atoms with E-state index in [4.69, 9.17) is 0 Å². The van der Waals surface area contributed by atoms with E-state index in [1.807, 2.05) is 35.7 Å². The quantitative estimate of drug-likeness (QED) is 0.722. The van der Waals surface area contributed by atoms with Gasteiger partial charge in [-0.1, -0.05) is 88.1 Å². The molecule has 1 aliphatic heterocycles. The molecule has 2 amide bonds. The molecule has 2 aliphatic rings. The van der Waals surface area contributed by atoms with Crippen LogP contribution in [0, 0.1) is 0 Å². The third kappa shape index (κ3) is 7.22. The molecular weight excluding hydrogens is 380 g/mol. The summed E-state index contributed by atoms with van der Waals surface area (Å²) in [4.78, 5) is 27.0. The molecular formula is C24H34N2O2S. The monoisotopic (exact) mass is 414 g/mol. The molecule has 0 bridgehead atoms. The molecule has 1 saturated carbocycles. The molecule has 29 heavy (non-hydrogen) atoms. The standard InChI is InChI=1S/C24H34N2O2S/c27-23(25-21-15-11-6-4-2-1-3-5-7-12-16-21)17-26-22(18-29-19-24(26)28)20-13-9-8-10-14-20/h8-10,13-14,18,21H,1-7,11-12,15-17,19H2,(H,25,27). The smallest absolute Gasteiger partial charge is 0.240 e. The van der Waals surface area contributed by atoms with E-state index in [0.29, 0.717) is 5.75 Å². The van der Waals surface area contributed by atoms with Gasteiger partial charge in [0.2, 0.25) is 11.8 Å². The second-order valence-corrected chi connectivity index (χ2v) is 9.04. The summed E-state index contributed by atoms with van der Waals surface area (Å²) in [5, 5.41) is 5.24. The summed E-state index contributed by atoms with van der Waals surface area (Å²) in [5.74, 6) is 0.363. The molecule has 1 aromatic rings. The summed E-state index contributed by atoms with van der Waals surface area (Å²) >= 11 is 1.50. The zero-order valence-corrected chi connectivity index (χ0v) is 18.2. The van der Waals surface area contributed by atoms with Crippen molar-refractivity contribution in [1.82, 2.24) is 10.2 Å². The molecule has 0 unspecified atom stereocenters. The summed E-state index contributed by atoms with van der Waals surface area (Å²) in [6.07, 6.45) is 13.7. The maximum Gasteiger partial charge on any atom is 0.240 e. The fourth-order valence-electron chi connectivity index (χ4n) is 4.20. The number of rotatable bonds is 4. The fraction of sp³-hybridized carbons (Fsp3) is 0.583. The highest BCUT2D eigenvalue weighted by molar-refractivity contribution is 8.03. The van der Waals surface area contributed by atoms with E-state index in [1.54, 1.807) is 4.90 Å². The molecule has 1 heterocycles. The number of thioether (sulfide) groups is 1. The zero-order chi connectivity index (χ0) is 20.3. The maximum atomic E-state index is 12.8. The molecule has 0 radical (unpaired) electrons. The fourth-order valence-corrected chi connectivity index (χ4v) is 5.00. The van der Waals surface area contributed by atoms with Crippen LogP contribution in [0.25, 0.3) is 5.70 Å². The Bertz CT molecular complexity index is 677. The SMILES string of the molecule is O=C(CN1C(=O)CSC=C1c1ccccc1)NC1CCCCCCCCCCC1. The lowest BCUT2D eigenvalue weighted by atomic mass is 9.98. The number of amides is 2. The van der Waals surface area contributed by atoms with Crippen molar-refractivity contribution < 1.29 is 9.59 Å². The van der Waals surface area contributed by atoms with Crippen molar-refractivity contribution in [2.75, 3.05) is 12.3 Å². The van der Waals surface area contributed by atoms with E-state index >= 15 is 0 Å². The van der Waals surface area contributed by atoms with E-state index in [9.17, 15) is 9.59 Å². The Kier molecular flexibility index (Phi) is 9.13. The molecule has 1 fully saturated rings. The molecule has 1 N–H and O–H groups in total. The first-order valence-electron chi connectivity index (χ1n) is 11.2. The predicted octanol–water partition coefficient (Wildman–Crippen LogP) is 5.35. The first kappa shape index (κ1) is 21.9. The van der Waals surface area contributed by atoms with Crippen LogP contribution in [0.4, 0.5) is 0 Å². The Hall–Kier alpha value is -1.75. The van der Waals surface area contributed by atoms with Gasteiger partial charge in [-0.3, -0.25) is 9.59 Å². The Balaban J connectivity index is 1.58. The lowest BCUT2D eigenvalue weighted by Crippen LogP contribution is -2.44. The summed E-state index contributed by atoms with van der Waals surface area (Å²) in [6.45, 7) is 0.108. The van der Waals surface area contributed by atoms with E-state index in [1.165, 1.54) is 69.5 Å². The number of hydrogen-bond acceptors (Lipinski definition) is 3. The van der Waals surface area contributed by atoms with E-state index in [0.717, 1.165) is 24.1 Å². The molecule has 1 aliphatic carbocycles. The Morgan fingerprint density at radius 2 is 1.52 bits per heavy atom. The molecule has 1 aromatic carbocycles. The largest absolute Gasteiger partial charge is 0.352 e. The molecule has 4 nitrogen and oxygen atoms in total. The number of benzene rings is 1. The van der Waals surface area contributed by atoms with Gasteiger partial charge in [0.25, 0.3) is 0 Å². The third-order valence-corrected chi connectivity index (χ3v) is 6.64. The predicted molar refractivity (Wildman–Crippen MR) is 121 cm³/mol. The molecule has 0 aromatic heterocycles. The number of nitrogens with one attached hydrogen (secondary N) is 1. The normalized spacial score (nSPS) is 20.3. The second kappa shape index (κ2) is 12.1. The van der Waals surface area contributed by atoms with Gasteiger partial charge >= 0.3 is 0 Å². The summed E-state index contributed by atoms with van der Waals surface area (Å²) in [7, 11) is 0. The molecule has 0 spiro atoms. The number of carbonyl (C=O) groups is 2. The van der Waals surface area contributed by atoms with Crippen molar-refractivity contribution >= 4 is 29.3 Å². The summed E-state index contributed by atoms with van der Waals surface area (Å²) < 4.78 is 0. The van der Waals surface area contributed by atoms with E-state index in [-0.39, 0.29) is 24.4 Å². The highest BCUT2D eigenvalue weighted by Gasteiger charge is 2.26. The second-order valence-electron chi connectivity index (χ2n) is 8.18. The lowest BCUT2D eigenvalue weighted by molar-refractivity contribution is -0.131. The van der Waals surface area contributed by atoms with Gasteiger partial charge < -0.3 is 10.2 Å². The van der Waals surface area contributed by atoms with Gasteiger partial charge in [0.15, 0.2) is 0 Å². The minimum absolute atomic E-state index is 0.00481. The minimum atomic E-state index is -0.0378. The van der Waals surface area contributed by atoms with Crippen molar-refractivity contribution in [1.29, 1.82) is 0 Å². The van der Waals surface area contributed by atoms with Gasteiger partial charge in [0, 0.05) is 6.04 Å². The van der Waals surface area contributed by atoms with Gasteiger partial charge in [-0.2, -0.15) is 0 Å². The van der Waals surface area contributed by atoms with Crippen molar-refractivity contribution in [2.45, 2.75) is 76.7 Å². The highest BCUT2D eigenvalue weighted by atomic mass is 32.2. The Morgan fingerprint density at radius 1 is 0.931 bits per heavy atom. The average Bonchev–Trinajstić information content (AvgIpc) is 2.72. The van der Waals surface area contributed by atoms with Crippen LogP contribution in [-0.4, -0.2) is 35.1 Å². The van der Waals surface area contributed by atoms with E-state index in [2.05, 4.69) is 5.32 Å². The van der Waals surface area contributed by atoms with Crippen LogP contribution in [0.3, 0.4) is 0 Å². The van der Waals surface area contributed by atoms with E-state index < -0.39 is 0 Å². The molecule has 0 saturated heterocycles. The molecule has 158 valence electrons. The molecule has 0 atom stereocenters. The van der Waals surface area contributed by atoms with Crippen LogP contribution in [0.5, 0.6) is 0 Å². The van der Waals surface area contributed by atoms with Crippen molar-refractivity contribution in [3.8, 4) is 0 Å². The summed E-state index contributed by atoms with van der Waals surface area (Å²) in [5.41, 5.74) is 1.81. The van der Waals surface area contributed by atoms with Crippen molar-refractivity contribution in [3.63, 3.8) is 0 Å². The first-order chi connectivity index (χ1) is 14.2. The first-order valence-corrected chi connectivity index (χ1v) is 12.3. The van der Waals surface area contributed by atoms with Crippen LogP contribution >= 0.6 is 11.8 Å². The molecule has 3 rings (SSSR count). The Labute approximate surface area is 179 Å². The van der Waals surface area contributed by atoms with Crippen LogP contribution in [0.2, 0.25) is 0 Å². The van der Waals surface area contributed by atoms with Crippen LogP contribution in [-0.2, 0) is 9.59 Å². The number of nitrogens with zero attached hydrogens (tertiary/aromatic N) is 1. The van der Waals surface area contributed by atoms with Crippen molar-refractivity contribution in [3.05, 3.63) is 41.3 Å². The van der Waals surface area contributed by atoms with Crippen LogP contribution < -0.4 is 5.32 Å². The lowest BCUT2D eigenvalue weighted by Gasteiger charge is -2.29. The van der Waals surface area contributed by atoms with Gasteiger partial charge in [-0.25, -0.2) is 0 Å². The van der Waals surface area contributed by atoms with Gasteiger partial charge in [0.1, 0.15) is 6.54 Å². The minimum Gasteiger partial charge on any atom is -0.352 e. The third-order valence-electron chi connectivity index (χ3n) is 5.84.